The number of nitrogens with two attached hydrogens (primary N) is 1. The maximum atomic E-state index is 11.7. The summed E-state index contributed by atoms with van der Waals surface area (Å²) in [4.78, 5) is 11.7. The van der Waals surface area contributed by atoms with Gasteiger partial charge < -0.3 is 11.1 Å². The molecule has 4 unspecified atom stereocenters. The average molecular weight is 230 g/mol. The van der Waals surface area contributed by atoms with Crippen LogP contribution in [-0.2, 0) is 11.2 Å². The molecular weight excluding hydrogens is 212 g/mol. The van der Waals surface area contributed by atoms with E-state index >= 15 is 0 Å². The van der Waals surface area contributed by atoms with Crippen LogP contribution in [0.15, 0.2) is 24.3 Å². The van der Waals surface area contributed by atoms with Gasteiger partial charge in [-0.1, -0.05) is 24.3 Å². The SMILES string of the molecule is CC(N)CC(=O)NC1C2Cc3ccccc3C21. The number of amides is 1. The van der Waals surface area contributed by atoms with Gasteiger partial charge in [-0.15, -0.1) is 0 Å². The Morgan fingerprint density at radius 2 is 2.29 bits per heavy atom. The maximum absolute atomic E-state index is 11.7. The Labute approximate surface area is 101 Å². The average Bonchev–Trinajstić information content (AvgIpc) is 2.78. The number of carbonyl (C=O) groups excluding carboxylic acids is 1. The molecule has 0 spiro atoms. The highest BCUT2D eigenvalue weighted by atomic mass is 16.1. The van der Waals surface area contributed by atoms with E-state index in [-0.39, 0.29) is 11.9 Å². The summed E-state index contributed by atoms with van der Waals surface area (Å²) in [5.41, 5.74) is 8.51. The molecule has 3 nitrogen and oxygen atoms in total. The Bertz CT molecular complexity index is 455. The number of hydrogen-bond acceptors (Lipinski definition) is 2. The van der Waals surface area contributed by atoms with Gasteiger partial charge >= 0.3 is 0 Å². The van der Waals surface area contributed by atoms with E-state index in [9.17, 15) is 4.79 Å². The zero-order valence-electron chi connectivity index (χ0n) is 10.0. The van der Waals surface area contributed by atoms with E-state index in [1.54, 1.807) is 0 Å². The molecule has 2 aliphatic carbocycles. The summed E-state index contributed by atoms with van der Waals surface area (Å²) in [5, 5.41) is 3.11. The molecule has 0 bridgehead atoms. The molecule has 0 aromatic heterocycles. The third-order valence-corrected chi connectivity index (χ3v) is 3.87. The summed E-state index contributed by atoms with van der Waals surface area (Å²) in [6.07, 6.45) is 1.54. The predicted octanol–water partition coefficient (Wildman–Crippen LogP) is 1.18. The second-order valence-corrected chi connectivity index (χ2v) is 5.37. The molecule has 0 aliphatic heterocycles. The second kappa shape index (κ2) is 3.84. The van der Waals surface area contributed by atoms with Crippen molar-refractivity contribution in [3.05, 3.63) is 35.4 Å². The van der Waals surface area contributed by atoms with Gasteiger partial charge in [0.1, 0.15) is 0 Å². The molecular formula is C14H18N2O. The second-order valence-electron chi connectivity index (χ2n) is 5.37. The molecule has 3 N–H and O–H groups in total. The van der Waals surface area contributed by atoms with Crippen molar-refractivity contribution in [2.24, 2.45) is 11.7 Å². The highest BCUT2D eigenvalue weighted by Crippen LogP contribution is 2.56. The minimum atomic E-state index is -0.0547. The number of benzene rings is 1. The molecule has 3 rings (SSSR count). The van der Waals surface area contributed by atoms with E-state index in [2.05, 4.69) is 29.6 Å². The molecule has 0 radical (unpaired) electrons. The Kier molecular flexibility index (Phi) is 2.44. The summed E-state index contributed by atoms with van der Waals surface area (Å²) in [7, 11) is 0. The van der Waals surface area contributed by atoms with E-state index in [1.807, 2.05) is 6.92 Å². The van der Waals surface area contributed by atoms with Gasteiger partial charge in [0.25, 0.3) is 0 Å². The zero-order valence-corrected chi connectivity index (χ0v) is 10.0. The van der Waals surface area contributed by atoms with Crippen LogP contribution in [-0.4, -0.2) is 18.0 Å². The van der Waals surface area contributed by atoms with E-state index in [1.165, 1.54) is 11.1 Å². The first kappa shape index (κ1) is 10.8. The van der Waals surface area contributed by atoms with Gasteiger partial charge in [-0.2, -0.15) is 0 Å². The van der Waals surface area contributed by atoms with Gasteiger partial charge in [0.2, 0.25) is 5.91 Å². The lowest BCUT2D eigenvalue weighted by Crippen LogP contribution is -2.33. The zero-order chi connectivity index (χ0) is 12.0. The fourth-order valence-electron chi connectivity index (χ4n) is 3.09. The molecule has 2 aliphatic rings. The quantitative estimate of drug-likeness (QED) is 0.819. The molecule has 4 atom stereocenters. The van der Waals surface area contributed by atoms with Crippen molar-refractivity contribution in [2.75, 3.05) is 0 Å². The molecule has 1 saturated carbocycles. The summed E-state index contributed by atoms with van der Waals surface area (Å²) < 4.78 is 0. The molecule has 1 fully saturated rings. The van der Waals surface area contributed by atoms with Crippen LogP contribution in [0.4, 0.5) is 0 Å². The minimum absolute atomic E-state index is 0.0547. The number of rotatable bonds is 3. The van der Waals surface area contributed by atoms with Crippen molar-refractivity contribution in [1.29, 1.82) is 0 Å². The van der Waals surface area contributed by atoms with Crippen molar-refractivity contribution in [3.63, 3.8) is 0 Å². The number of hydrogen-bond donors (Lipinski definition) is 2. The van der Waals surface area contributed by atoms with Crippen LogP contribution < -0.4 is 11.1 Å². The van der Waals surface area contributed by atoms with Crippen molar-refractivity contribution in [2.45, 2.75) is 37.8 Å². The molecule has 0 saturated heterocycles. The first-order chi connectivity index (χ1) is 8.16. The molecule has 17 heavy (non-hydrogen) atoms. The molecule has 1 aromatic carbocycles. The summed E-state index contributed by atoms with van der Waals surface area (Å²) in [6.45, 7) is 1.86. The molecule has 0 heterocycles. The van der Waals surface area contributed by atoms with Crippen molar-refractivity contribution < 1.29 is 4.79 Å². The van der Waals surface area contributed by atoms with Crippen LogP contribution in [0.5, 0.6) is 0 Å². The first-order valence-electron chi connectivity index (χ1n) is 6.29. The number of nitrogens with one attached hydrogen (secondary N) is 1. The topological polar surface area (TPSA) is 55.1 Å². The largest absolute Gasteiger partial charge is 0.352 e. The summed E-state index contributed by atoms with van der Waals surface area (Å²) >= 11 is 0. The monoisotopic (exact) mass is 230 g/mol. The third-order valence-electron chi connectivity index (χ3n) is 3.87. The fraction of sp³-hybridized carbons (Fsp3) is 0.500. The lowest BCUT2D eigenvalue weighted by molar-refractivity contribution is -0.121. The molecule has 1 amide bonds. The fourth-order valence-corrected chi connectivity index (χ4v) is 3.09. The Morgan fingerprint density at radius 3 is 3.06 bits per heavy atom. The van der Waals surface area contributed by atoms with Crippen LogP contribution in [0.2, 0.25) is 0 Å². The highest BCUT2D eigenvalue weighted by molar-refractivity contribution is 5.77. The van der Waals surface area contributed by atoms with Gasteiger partial charge in [0, 0.05) is 24.4 Å². The predicted molar refractivity (Wildman–Crippen MR) is 66.6 cm³/mol. The first-order valence-corrected chi connectivity index (χ1v) is 6.29. The van der Waals surface area contributed by atoms with Gasteiger partial charge in [0.05, 0.1) is 0 Å². The van der Waals surface area contributed by atoms with Crippen LogP contribution in [0.25, 0.3) is 0 Å². The summed E-state index contributed by atoms with van der Waals surface area (Å²) in [5.74, 6) is 1.28. The van der Waals surface area contributed by atoms with Gasteiger partial charge in [0.15, 0.2) is 0 Å². The van der Waals surface area contributed by atoms with Crippen LogP contribution in [0, 0.1) is 5.92 Å². The molecule has 1 aromatic rings. The van der Waals surface area contributed by atoms with Crippen molar-refractivity contribution in [1.82, 2.24) is 5.32 Å². The highest BCUT2D eigenvalue weighted by Gasteiger charge is 2.56. The summed E-state index contributed by atoms with van der Waals surface area (Å²) in [6, 6.07) is 8.87. The lowest BCUT2D eigenvalue weighted by atomic mass is 10.1. The minimum Gasteiger partial charge on any atom is -0.352 e. The van der Waals surface area contributed by atoms with E-state index in [4.69, 9.17) is 5.73 Å². The van der Waals surface area contributed by atoms with Gasteiger partial charge in [-0.05, 0) is 30.4 Å². The Morgan fingerprint density at radius 1 is 1.53 bits per heavy atom. The van der Waals surface area contributed by atoms with Gasteiger partial charge in [-0.3, -0.25) is 4.79 Å². The number of fused-ring (bicyclic) bond motifs is 3. The standard InChI is InChI=1S/C14H18N2O/c1-8(15)6-12(17)16-14-11-7-9-4-2-3-5-10(9)13(11)14/h2-5,8,11,13-14H,6-7,15H2,1H3,(H,16,17). The van der Waals surface area contributed by atoms with Crippen LogP contribution in [0.3, 0.4) is 0 Å². The van der Waals surface area contributed by atoms with Crippen LogP contribution in [0.1, 0.15) is 30.4 Å². The van der Waals surface area contributed by atoms with Crippen molar-refractivity contribution >= 4 is 5.91 Å². The maximum Gasteiger partial charge on any atom is 0.221 e. The third kappa shape index (κ3) is 1.84. The normalized spacial score (nSPS) is 30.4. The van der Waals surface area contributed by atoms with E-state index in [0.29, 0.717) is 24.3 Å². The van der Waals surface area contributed by atoms with E-state index in [0.717, 1.165) is 6.42 Å². The number of carbonyl (C=O) groups is 1. The van der Waals surface area contributed by atoms with Gasteiger partial charge in [-0.25, -0.2) is 0 Å². The Balaban J connectivity index is 1.63. The molecule has 3 heteroatoms. The lowest BCUT2D eigenvalue weighted by Gasteiger charge is -2.10. The van der Waals surface area contributed by atoms with Crippen molar-refractivity contribution in [3.8, 4) is 0 Å². The molecule has 90 valence electrons. The van der Waals surface area contributed by atoms with E-state index < -0.39 is 0 Å². The smallest absolute Gasteiger partial charge is 0.221 e. The Hall–Kier alpha value is -1.35. The van der Waals surface area contributed by atoms with Crippen LogP contribution >= 0.6 is 0 Å².